The molecule has 0 saturated carbocycles. The maximum atomic E-state index is 5.91. The van der Waals surface area contributed by atoms with E-state index in [9.17, 15) is 0 Å². The van der Waals surface area contributed by atoms with E-state index in [0.29, 0.717) is 12.6 Å². The molecule has 5 nitrogen and oxygen atoms in total. The molecule has 1 unspecified atom stereocenters. The van der Waals surface area contributed by atoms with Crippen molar-refractivity contribution in [3.8, 4) is 5.75 Å². The molecule has 136 valence electrons. The van der Waals surface area contributed by atoms with E-state index in [1.165, 1.54) is 5.56 Å². The molecule has 1 aromatic rings. The third-order valence-corrected chi connectivity index (χ3v) is 3.78. The Hall–Kier alpha value is -1.02. The van der Waals surface area contributed by atoms with Gasteiger partial charge in [0.2, 0.25) is 0 Å². The van der Waals surface area contributed by atoms with E-state index in [2.05, 4.69) is 40.7 Å². The largest absolute Gasteiger partial charge is 0.491 e. The Morgan fingerprint density at radius 1 is 1.38 bits per heavy atom. The van der Waals surface area contributed by atoms with E-state index in [4.69, 9.17) is 9.47 Å². The SMILES string of the molecule is CN=C(NCc1ccc(C)cc1OC(C)C)NCC1CCCO1.I. The lowest BCUT2D eigenvalue weighted by molar-refractivity contribution is 0.114. The maximum absolute atomic E-state index is 5.91. The lowest BCUT2D eigenvalue weighted by Crippen LogP contribution is -2.40. The first-order chi connectivity index (χ1) is 11.1. The van der Waals surface area contributed by atoms with Gasteiger partial charge in [-0.2, -0.15) is 0 Å². The molecule has 0 aliphatic carbocycles. The number of aliphatic imine (C=N–C) groups is 1. The Labute approximate surface area is 162 Å². The molecular formula is C18H30IN3O2. The van der Waals surface area contributed by atoms with Gasteiger partial charge in [-0.25, -0.2) is 0 Å². The summed E-state index contributed by atoms with van der Waals surface area (Å²) in [6, 6.07) is 6.29. The molecule has 1 aliphatic heterocycles. The van der Waals surface area contributed by atoms with Crippen molar-refractivity contribution in [1.82, 2.24) is 10.6 Å². The Morgan fingerprint density at radius 3 is 2.79 bits per heavy atom. The van der Waals surface area contributed by atoms with E-state index in [0.717, 1.165) is 43.3 Å². The molecule has 2 rings (SSSR count). The molecule has 1 fully saturated rings. The van der Waals surface area contributed by atoms with Crippen LogP contribution in [0.2, 0.25) is 0 Å². The predicted molar refractivity (Wildman–Crippen MR) is 110 cm³/mol. The fourth-order valence-corrected chi connectivity index (χ4v) is 2.59. The van der Waals surface area contributed by atoms with Crippen molar-refractivity contribution in [2.45, 2.75) is 52.4 Å². The van der Waals surface area contributed by atoms with Gasteiger partial charge in [0.1, 0.15) is 5.75 Å². The molecule has 1 aromatic carbocycles. The van der Waals surface area contributed by atoms with E-state index in [-0.39, 0.29) is 30.1 Å². The molecule has 0 amide bonds. The van der Waals surface area contributed by atoms with Gasteiger partial charge in [0.05, 0.1) is 12.2 Å². The van der Waals surface area contributed by atoms with Gasteiger partial charge in [0.15, 0.2) is 5.96 Å². The number of guanidine groups is 1. The van der Waals surface area contributed by atoms with Crippen molar-refractivity contribution < 1.29 is 9.47 Å². The molecule has 1 aliphatic rings. The first-order valence-corrected chi connectivity index (χ1v) is 8.40. The number of nitrogens with one attached hydrogen (secondary N) is 2. The van der Waals surface area contributed by atoms with Crippen LogP contribution in [-0.4, -0.2) is 38.4 Å². The van der Waals surface area contributed by atoms with Crippen LogP contribution in [0.25, 0.3) is 0 Å². The molecular weight excluding hydrogens is 417 g/mol. The second kappa shape index (κ2) is 10.8. The van der Waals surface area contributed by atoms with Crippen molar-refractivity contribution in [2.75, 3.05) is 20.2 Å². The number of benzene rings is 1. The molecule has 0 bridgehead atoms. The number of halogens is 1. The quantitative estimate of drug-likeness (QED) is 0.400. The summed E-state index contributed by atoms with van der Waals surface area (Å²) < 4.78 is 11.5. The summed E-state index contributed by atoms with van der Waals surface area (Å²) in [7, 11) is 1.78. The average molecular weight is 447 g/mol. The van der Waals surface area contributed by atoms with Crippen LogP contribution in [0.5, 0.6) is 5.75 Å². The number of hydrogen-bond acceptors (Lipinski definition) is 3. The molecule has 0 spiro atoms. The van der Waals surface area contributed by atoms with Gasteiger partial charge >= 0.3 is 0 Å². The Bertz CT molecular complexity index is 529. The van der Waals surface area contributed by atoms with Gasteiger partial charge in [-0.3, -0.25) is 4.99 Å². The molecule has 0 aromatic heterocycles. The highest BCUT2D eigenvalue weighted by Crippen LogP contribution is 2.21. The normalized spacial score (nSPS) is 17.5. The van der Waals surface area contributed by atoms with Crippen LogP contribution in [0, 0.1) is 6.92 Å². The summed E-state index contributed by atoms with van der Waals surface area (Å²) in [5, 5.41) is 6.67. The summed E-state index contributed by atoms with van der Waals surface area (Å²) in [4.78, 5) is 4.27. The van der Waals surface area contributed by atoms with Crippen LogP contribution < -0.4 is 15.4 Å². The van der Waals surface area contributed by atoms with Crippen LogP contribution in [-0.2, 0) is 11.3 Å². The molecule has 1 atom stereocenters. The number of rotatable bonds is 6. The number of nitrogens with zero attached hydrogens (tertiary/aromatic N) is 1. The zero-order valence-electron chi connectivity index (χ0n) is 15.1. The zero-order valence-corrected chi connectivity index (χ0v) is 17.4. The molecule has 2 N–H and O–H groups in total. The average Bonchev–Trinajstić information content (AvgIpc) is 3.02. The highest BCUT2D eigenvalue weighted by molar-refractivity contribution is 14.0. The van der Waals surface area contributed by atoms with E-state index < -0.39 is 0 Å². The summed E-state index contributed by atoms with van der Waals surface area (Å²) in [5.74, 6) is 1.72. The van der Waals surface area contributed by atoms with E-state index in [1.807, 2.05) is 13.8 Å². The minimum atomic E-state index is 0. The van der Waals surface area contributed by atoms with Crippen LogP contribution >= 0.6 is 24.0 Å². The summed E-state index contributed by atoms with van der Waals surface area (Å²) in [6.07, 6.45) is 2.73. The summed E-state index contributed by atoms with van der Waals surface area (Å²) in [6.45, 7) is 8.50. The number of aryl methyl sites for hydroxylation is 1. The van der Waals surface area contributed by atoms with Crippen LogP contribution in [0.4, 0.5) is 0 Å². The molecule has 6 heteroatoms. The lowest BCUT2D eigenvalue weighted by atomic mass is 10.1. The van der Waals surface area contributed by atoms with Crippen molar-refractivity contribution in [2.24, 2.45) is 4.99 Å². The number of hydrogen-bond donors (Lipinski definition) is 2. The second-order valence-corrected chi connectivity index (χ2v) is 6.22. The van der Waals surface area contributed by atoms with Gasteiger partial charge < -0.3 is 20.1 Å². The van der Waals surface area contributed by atoms with Crippen molar-refractivity contribution in [1.29, 1.82) is 0 Å². The summed E-state index contributed by atoms with van der Waals surface area (Å²) >= 11 is 0. The first kappa shape index (κ1) is 21.0. The molecule has 1 saturated heterocycles. The Kier molecular flexibility index (Phi) is 9.43. The molecule has 1 heterocycles. The van der Waals surface area contributed by atoms with E-state index in [1.54, 1.807) is 7.05 Å². The van der Waals surface area contributed by atoms with Gasteiger partial charge in [0, 0.05) is 32.3 Å². The fourth-order valence-electron chi connectivity index (χ4n) is 2.59. The predicted octanol–water partition coefficient (Wildman–Crippen LogP) is 3.24. The molecule has 24 heavy (non-hydrogen) atoms. The smallest absolute Gasteiger partial charge is 0.191 e. The first-order valence-electron chi connectivity index (χ1n) is 8.40. The maximum Gasteiger partial charge on any atom is 0.191 e. The van der Waals surface area contributed by atoms with Crippen LogP contribution in [0.3, 0.4) is 0 Å². The van der Waals surface area contributed by atoms with Crippen molar-refractivity contribution in [3.05, 3.63) is 29.3 Å². The number of ether oxygens (including phenoxy) is 2. The van der Waals surface area contributed by atoms with Gasteiger partial charge in [-0.15, -0.1) is 24.0 Å². The van der Waals surface area contributed by atoms with Crippen molar-refractivity contribution >= 4 is 29.9 Å². The standard InChI is InChI=1S/C18H29N3O2.HI/c1-13(2)23-17-10-14(3)7-8-15(17)11-20-18(19-4)21-12-16-6-5-9-22-16;/h7-8,10,13,16H,5-6,9,11-12H2,1-4H3,(H2,19,20,21);1H. The van der Waals surface area contributed by atoms with Gasteiger partial charge in [0.25, 0.3) is 0 Å². The van der Waals surface area contributed by atoms with Crippen molar-refractivity contribution in [3.63, 3.8) is 0 Å². The third kappa shape index (κ3) is 6.84. The highest BCUT2D eigenvalue weighted by Gasteiger charge is 2.15. The van der Waals surface area contributed by atoms with Crippen LogP contribution in [0.15, 0.2) is 23.2 Å². The Balaban J connectivity index is 0.00000288. The fraction of sp³-hybridized carbons (Fsp3) is 0.611. The summed E-state index contributed by atoms with van der Waals surface area (Å²) in [5.41, 5.74) is 2.33. The monoisotopic (exact) mass is 447 g/mol. The topological polar surface area (TPSA) is 54.9 Å². The van der Waals surface area contributed by atoms with Gasteiger partial charge in [-0.1, -0.05) is 12.1 Å². The Morgan fingerprint density at radius 2 is 2.17 bits per heavy atom. The highest BCUT2D eigenvalue weighted by atomic mass is 127. The zero-order chi connectivity index (χ0) is 16.7. The minimum Gasteiger partial charge on any atom is -0.491 e. The van der Waals surface area contributed by atoms with E-state index >= 15 is 0 Å². The lowest BCUT2D eigenvalue weighted by Gasteiger charge is -2.18. The third-order valence-electron chi connectivity index (χ3n) is 3.78. The van der Waals surface area contributed by atoms with Crippen LogP contribution in [0.1, 0.15) is 37.8 Å². The molecule has 0 radical (unpaired) electrons. The minimum absolute atomic E-state index is 0. The second-order valence-electron chi connectivity index (χ2n) is 6.22. The van der Waals surface area contributed by atoms with Gasteiger partial charge in [-0.05, 0) is 45.2 Å².